The van der Waals surface area contributed by atoms with E-state index in [-0.39, 0.29) is 31.7 Å². The Balaban J connectivity index is 2.58. The molecule has 22 heavy (non-hydrogen) atoms. The van der Waals surface area contributed by atoms with Crippen LogP contribution in [0.1, 0.15) is 13.8 Å². The predicted molar refractivity (Wildman–Crippen MR) is 89.1 cm³/mol. The van der Waals surface area contributed by atoms with Gasteiger partial charge in [0.25, 0.3) is 0 Å². The molecule has 0 spiro atoms. The maximum absolute atomic E-state index is 12.5. The second kappa shape index (κ2) is 6.58. The van der Waals surface area contributed by atoms with Crippen molar-refractivity contribution in [2.24, 2.45) is 0 Å². The maximum atomic E-state index is 12.5. The molecule has 0 amide bonds. The van der Waals surface area contributed by atoms with Crippen molar-refractivity contribution in [3.8, 4) is 0 Å². The second-order valence-electron chi connectivity index (χ2n) is 4.67. The number of hydrogen-bond acceptors (Lipinski definition) is 5. The number of aromatic nitrogens is 2. The van der Waals surface area contributed by atoms with Crippen molar-refractivity contribution in [1.29, 1.82) is 0 Å². The summed E-state index contributed by atoms with van der Waals surface area (Å²) in [6.07, 6.45) is 1.32. The molecule has 118 valence electrons. The summed E-state index contributed by atoms with van der Waals surface area (Å²) in [6, 6.07) is 4.71. The first-order chi connectivity index (χ1) is 10.2. The van der Waals surface area contributed by atoms with E-state index < -0.39 is 15.1 Å². The molecule has 0 aliphatic carbocycles. The van der Waals surface area contributed by atoms with Gasteiger partial charge < -0.3 is 5.32 Å². The summed E-state index contributed by atoms with van der Waals surface area (Å²) >= 11 is 17.8. The molecule has 0 fully saturated rings. The average molecular weight is 381 g/mol. The first kappa shape index (κ1) is 17.3. The Morgan fingerprint density at radius 3 is 2.45 bits per heavy atom. The van der Waals surface area contributed by atoms with Gasteiger partial charge in [0.15, 0.2) is 15.7 Å². The maximum Gasteiger partial charge on any atom is 0.224 e. The second-order valence-corrected chi connectivity index (χ2v) is 8.26. The fourth-order valence-electron chi connectivity index (χ4n) is 1.69. The van der Waals surface area contributed by atoms with Crippen molar-refractivity contribution in [3.63, 3.8) is 0 Å². The quantitative estimate of drug-likeness (QED) is 0.798. The largest absolute Gasteiger partial charge is 0.338 e. The monoisotopic (exact) mass is 379 g/mol. The lowest BCUT2D eigenvalue weighted by Gasteiger charge is -2.16. The van der Waals surface area contributed by atoms with Crippen LogP contribution in [0.3, 0.4) is 0 Å². The van der Waals surface area contributed by atoms with E-state index in [0.717, 1.165) is 0 Å². The minimum atomic E-state index is -3.60. The van der Waals surface area contributed by atoms with Crippen LogP contribution in [0.4, 0.5) is 11.5 Å². The third-order valence-electron chi connectivity index (χ3n) is 2.84. The Kier molecular flexibility index (Phi) is 5.17. The number of sulfone groups is 1. The summed E-state index contributed by atoms with van der Waals surface area (Å²) in [6.45, 7) is 3.16. The van der Waals surface area contributed by atoms with Crippen molar-refractivity contribution in [1.82, 2.24) is 9.97 Å². The molecule has 0 radical (unpaired) electrons. The number of rotatable bonds is 4. The molecule has 0 atom stereocenters. The smallest absolute Gasteiger partial charge is 0.224 e. The summed E-state index contributed by atoms with van der Waals surface area (Å²) in [7, 11) is -3.60. The number of hydrogen-bond donors (Lipinski definition) is 1. The summed E-state index contributed by atoms with van der Waals surface area (Å²) in [5.74, 6) is 0.198. The lowest BCUT2D eigenvalue weighted by atomic mass is 10.3. The number of nitrogens with one attached hydrogen (secondary N) is 1. The van der Waals surface area contributed by atoms with Gasteiger partial charge in [-0.2, -0.15) is 4.98 Å². The van der Waals surface area contributed by atoms with Gasteiger partial charge >= 0.3 is 0 Å². The summed E-state index contributed by atoms with van der Waals surface area (Å²) < 4.78 is 25.0. The van der Waals surface area contributed by atoms with Crippen LogP contribution in [-0.4, -0.2) is 23.6 Å². The first-order valence-electron chi connectivity index (χ1n) is 6.21. The van der Waals surface area contributed by atoms with Crippen molar-refractivity contribution >= 4 is 56.1 Å². The zero-order valence-electron chi connectivity index (χ0n) is 11.6. The third kappa shape index (κ3) is 3.46. The van der Waals surface area contributed by atoms with Gasteiger partial charge in [0.05, 0.1) is 22.2 Å². The van der Waals surface area contributed by atoms with Crippen LogP contribution in [0.5, 0.6) is 0 Å². The topological polar surface area (TPSA) is 72.0 Å². The minimum absolute atomic E-state index is 0.00234. The molecule has 0 aliphatic rings. The van der Waals surface area contributed by atoms with Crippen molar-refractivity contribution in [3.05, 3.63) is 39.7 Å². The van der Waals surface area contributed by atoms with Gasteiger partial charge in [-0.25, -0.2) is 13.4 Å². The van der Waals surface area contributed by atoms with Crippen molar-refractivity contribution in [2.75, 3.05) is 5.32 Å². The summed E-state index contributed by atoms with van der Waals surface area (Å²) in [5.41, 5.74) is 0.276. The molecule has 0 saturated heterocycles. The number of nitrogens with zero attached hydrogens (tertiary/aromatic N) is 2. The predicted octanol–water partition coefficient (Wildman–Crippen LogP) is 4.36. The van der Waals surface area contributed by atoms with Gasteiger partial charge in [0.1, 0.15) is 9.92 Å². The fourth-order valence-corrected chi connectivity index (χ4v) is 3.70. The molecule has 5 nitrogen and oxygen atoms in total. The Morgan fingerprint density at radius 2 is 1.82 bits per heavy atom. The van der Waals surface area contributed by atoms with Gasteiger partial charge in [0.2, 0.25) is 5.28 Å². The van der Waals surface area contributed by atoms with Crippen LogP contribution < -0.4 is 5.32 Å². The van der Waals surface area contributed by atoms with E-state index in [9.17, 15) is 8.42 Å². The Hall–Kier alpha value is -1.08. The number of benzene rings is 1. The van der Waals surface area contributed by atoms with Crippen LogP contribution in [-0.2, 0) is 9.84 Å². The molecule has 0 unspecified atom stereocenters. The molecule has 9 heteroatoms. The molecule has 0 saturated carbocycles. The van der Waals surface area contributed by atoms with Crippen molar-refractivity contribution in [2.45, 2.75) is 24.0 Å². The molecule has 0 aliphatic heterocycles. The highest BCUT2D eigenvalue weighted by molar-refractivity contribution is 7.92. The van der Waals surface area contributed by atoms with E-state index >= 15 is 0 Å². The van der Waals surface area contributed by atoms with Crippen LogP contribution in [0, 0.1) is 0 Å². The van der Waals surface area contributed by atoms with E-state index in [1.54, 1.807) is 26.0 Å². The molecule has 1 heterocycles. The van der Waals surface area contributed by atoms with E-state index in [1.807, 2.05) is 0 Å². The van der Waals surface area contributed by atoms with Crippen LogP contribution in [0.15, 0.2) is 29.3 Å². The number of anilines is 2. The highest BCUT2D eigenvalue weighted by Crippen LogP contribution is 2.34. The van der Waals surface area contributed by atoms with Gasteiger partial charge in [-0.05, 0) is 37.6 Å². The highest BCUT2D eigenvalue weighted by Gasteiger charge is 2.26. The van der Waals surface area contributed by atoms with E-state index in [1.165, 1.54) is 12.3 Å². The molecule has 1 aromatic carbocycles. The Labute approximate surface area is 143 Å². The third-order valence-corrected chi connectivity index (χ3v) is 5.98. The Morgan fingerprint density at radius 1 is 1.14 bits per heavy atom. The highest BCUT2D eigenvalue weighted by atomic mass is 35.5. The van der Waals surface area contributed by atoms with E-state index in [0.29, 0.717) is 0 Å². The first-order valence-corrected chi connectivity index (χ1v) is 8.89. The van der Waals surface area contributed by atoms with Crippen LogP contribution in [0.25, 0.3) is 0 Å². The average Bonchev–Trinajstić information content (AvgIpc) is 2.42. The SMILES string of the molecule is CC(C)S(=O)(=O)c1c(Cl)cccc1Nc1nc(Cl)ncc1Cl. The minimum Gasteiger partial charge on any atom is -0.338 e. The molecule has 1 aromatic heterocycles. The Bertz CT molecular complexity index is 810. The standard InChI is InChI=1S/C13H12Cl3N3O2S/c1-7(2)22(20,21)11-8(14)4-3-5-10(11)18-12-9(15)6-17-13(16)19-12/h3-7H,1-2H3,(H,17,18,19). The molecule has 2 aromatic rings. The molecule has 0 bridgehead atoms. The van der Waals surface area contributed by atoms with E-state index in [2.05, 4.69) is 15.3 Å². The summed E-state index contributed by atoms with van der Waals surface area (Å²) in [5, 5.41) is 2.54. The zero-order chi connectivity index (χ0) is 16.5. The lowest BCUT2D eigenvalue weighted by molar-refractivity contribution is 0.588. The van der Waals surface area contributed by atoms with E-state index in [4.69, 9.17) is 34.8 Å². The van der Waals surface area contributed by atoms with Gasteiger partial charge in [-0.3, -0.25) is 0 Å². The summed E-state index contributed by atoms with van der Waals surface area (Å²) in [4.78, 5) is 7.67. The van der Waals surface area contributed by atoms with Gasteiger partial charge in [0, 0.05) is 0 Å². The number of halogens is 3. The van der Waals surface area contributed by atoms with Gasteiger partial charge in [-0.1, -0.05) is 29.3 Å². The molecular formula is C13H12Cl3N3O2S. The zero-order valence-corrected chi connectivity index (χ0v) is 14.7. The normalized spacial score (nSPS) is 11.7. The molecule has 1 N–H and O–H groups in total. The molecular weight excluding hydrogens is 369 g/mol. The molecule has 2 rings (SSSR count). The lowest BCUT2D eigenvalue weighted by Crippen LogP contribution is -2.16. The van der Waals surface area contributed by atoms with Crippen molar-refractivity contribution < 1.29 is 8.42 Å². The fraction of sp³-hybridized carbons (Fsp3) is 0.231. The van der Waals surface area contributed by atoms with Crippen LogP contribution >= 0.6 is 34.8 Å². The van der Waals surface area contributed by atoms with Gasteiger partial charge in [-0.15, -0.1) is 0 Å². The van der Waals surface area contributed by atoms with Crippen LogP contribution in [0.2, 0.25) is 15.3 Å².